The summed E-state index contributed by atoms with van der Waals surface area (Å²) < 4.78 is 12.7. The monoisotopic (exact) mass is 250 g/mol. The first-order chi connectivity index (χ1) is 8.88. The van der Waals surface area contributed by atoms with E-state index in [9.17, 15) is 4.39 Å². The molecule has 2 aliphatic rings. The van der Waals surface area contributed by atoms with Crippen molar-refractivity contribution in [3.63, 3.8) is 0 Å². The molecule has 0 bridgehead atoms. The van der Waals surface area contributed by atoms with Crippen LogP contribution in [0.3, 0.4) is 0 Å². The Morgan fingerprint density at radius 3 is 2.89 bits per heavy atom. The van der Waals surface area contributed by atoms with E-state index in [1.54, 1.807) is 6.33 Å². The van der Waals surface area contributed by atoms with Crippen molar-refractivity contribution in [1.82, 2.24) is 20.6 Å². The zero-order valence-electron chi connectivity index (χ0n) is 10.5. The zero-order valence-corrected chi connectivity index (χ0v) is 10.5. The lowest BCUT2D eigenvalue weighted by atomic mass is 9.88. The van der Waals surface area contributed by atoms with E-state index in [1.165, 1.54) is 11.3 Å². The van der Waals surface area contributed by atoms with Crippen LogP contribution in [0.15, 0.2) is 6.33 Å². The molecule has 2 N–H and O–H groups in total. The molecule has 1 unspecified atom stereocenters. The smallest absolute Gasteiger partial charge is 0.115 e. The Balaban J connectivity index is 1.87. The Hall–Kier alpha value is -1.07. The van der Waals surface area contributed by atoms with Gasteiger partial charge in [0.05, 0.1) is 11.4 Å². The van der Waals surface area contributed by atoms with E-state index in [2.05, 4.69) is 20.6 Å². The van der Waals surface area contributed by atoms with Crippen molar-refractivity contribution in [2.45, 2.75) is 37.8 Å². The molecule has 1 aromatic heterocycles. The van der Waals surface area contributed by atoms with Crippen molar-refractivity contribution in [3.05, 3.63) is 23.3 Å². The van der Waals surface area contributed by atoms with Gasteiger partial charge in [0.15, 0.2) is 0 Å². The van der Waals surface area contributed by atoms with Gasteiger partial charge in [-0.3, -0.25) is 0 Å². The van der Waals surface area contributed by atoms with E-state index >= 15 is 0 Å². The maximum Gasteiger partial charge on any atom is 0.115 e. The van der Waals surface area contributed by atoms with Gasteiger partial charge < -0.3 is 10.6 Å². The van der Waals surface area contributed by atoms with Crippen LogP contribution in [0.2, 0.25) is 0 Å². The summed E-state index contributed by atoms with van der Waals surface area (Å²) in [6.45, 7) is 2.50. The molecular formula is C13H19FN4. The third-order valence-electron chi connectivity index (χ3n) is 3.99. The van der Waals surface area contributed by atoms with Gasteiger partial charge >= 0.3 is 0 Å². The van der Waals surface area contributed by atoms with Crippen LogP contribution in [-0.2, 0) is 13.0 Å². The Kier molecular flexibility index (Phi) is 3.52. The molecule has 1 aromatic rings. The number of aromatic nitrogens is 2. The van der Waals surface area contributed by atoms with E-state index in [0.29, 0.717) is 18.9 Å². The molecule has 4 nitrogen and oxygen atoms in total. The fourth-order valence-corrected chi connectivity index (χ4v) is 2.94. The summed E-state index contributed by atoms with van der Waals surface area (Å²) in [5.41, 5.74) is 3.44. The number of piperidine rings is 1. The predicted molar refractivity (Wildman–Crippen MR) is 67.2 cm³/mol. The standard InChI is InChI=1S/C13H19FN4/c14-6-10-5-12-11(7-16-10)13(18-8-17-12)9-1-3-15-4-2-9/h8-10,15-16H,1-7H2. The number of alkyl halides is 1. The summed E-state index contributed by atoms with van der Waals surface area (Å²) in [6, 6.07) is -0.0757. The molecular weight excluding hydrogens is 231 g/mol. The van der Waals surface area contributed by atoms with Crippen LogP contribution in [0.5, 0.6) is 0 Å². The topological polar surface area (TPSA) is 49.8 Å². The Morgan fingerprint density at radius 2 is 2.11 bits per heavy atom. The maximum absolute atomic E-state index is 12.7. The van der Waals surface area contributed by atoms with Gasteiger partial charge in [0, 0.05) is 30.5 Å². The van der Waals surface area contributed by atoms with Gasteiger partial charge in [-0.15, -0.1) is 0 Å². The molecule has 3 heterocycles. The summed E-state index contributed by atoms with van der Waals surface area (Å²) in [5, 5.41) is 6.61. The predicted octanol–water partition coefficient (Wildman–Crippen LogP) is 0.927. The van der Waals surface area contributed by atoms with Crippen molar-refractivity contribution < 1.29 is 4.39 Å². The Bertz CT molecular complexity index is 417. The largest absolute Gasteiger partial charge is 0.317 e. The van der Waals surface area contributed by atoms with Crippen LogP contribution < -0.4 is 10.6 Å². The van der Waals surface area contributed by atoms with Gasteiger partial charge in [0.2, 0.25) is 0 Å². The van der Waals surface area contributed by atoms with E-state index in [4.69, 9.17) is 0 Å². The van der Waals surface area contributed by atoms with Crippen LogP contribution in [0.1, 0.15) is 35.7 Å². The summed E-state index contributed by atoms with van der Waals surface area (Å²) in [6.07, 6.45) is 4.61. The highest BCUT2D eigenvalue weighted by atomic mass is 19.1. The second-order valence-corrected chi connectivity index (χ2v) is 5.14. The maximum atomic E-state index is 12.7. The zero-order chi connectivity index (χ0) is 12.4. The minimum Gasteiger partial charge on any atom is -0.317 e. The first-order valence-corrected chi connectivity index (χ1v) is 6.71. The molecule has 18 heavy (non-hydrogen) atoms. The molecule has 5 heteroatoms. The number of hydrogen-bond acceptors (Lipinski definition) is 4. The van der Waals surface area contributed by atoms with Crippen LogP contribution >= 0.6 is 0 Å². The number of nitrogens with zero attached hydrogens (tertiary/aromatic N) is 2. The van der Waals surface area contributed by atoms with Crippen molar-refractivity contribution in [2.24, 2.45) is 0 Å². The highest BCUT2D eigenvalue weighted by Crippen LogP contribution is 2.29. The van der Waals surface area contributed by atoms with Gasteiger partial charge in [0.1, 0.15) is 13.0 Å². The van der Waals surface area contributed by atoms with Gasteiger partial charge in [-0.25, -0.2) is 14.4 Å². The van der Waals surface area contributed by atoms with Gasteiger partial charge in [0.25, 0.3) is 0 Å². The summed E-state index contributed by atoms with van der Waals surface area (Å²) in [4.78, 5) is 8.83. The number of nitrogens with one attached hydrogen (secondary N) is 2. The fourth-order valence-electron chi connectivity index (χ4n) is 2.94. The summed E-state index contributed by atoms with van der Waals surface area (Å²) in [5.74, 6) is 0.534. The van der Waals surface area contributed by atoms with Crippen molar-refractivity contribution in [3.8, 4) is 0 Å². The molecule has 1 saturated heterocycles. The quantitative estimate of drug-likeness (QED) is 0.820. The second kappa shape index (κ2) is 5.28. The molecule has 3 rings (SSSR count). The summed E-state index contributed by atoms with van der Waals surface area (Å²) >= 11 is 0. The third kappa shape index (κ3) is 2.24. The highest BCUT2D eigenvalue weighted by molar-refractivity contribution is 5.30. The lowest BCUT2D eigenvalue weighted by Gasteiger charge is -2.29. The molecule has 1 fully saturated rings. The molecule has 2 aliphatic heterocycles. The minimum absolute atomic E-state index is 0.0757. The number of hydrogen-bond donors (Lipinski definition) is 2. The van der Waals surface area contributed by atoms with E-state index in [-0.39, 0.29) is 12.7 Å². The molecule has 1 atom stereocenters. The average molecular weight is 250 g/mol. The SMILES string of the molecule is FCC1Cc2ncnc(C3CCNCC3)c2CN1. The minimum atomic E-state index is -0.327. The highest BCUT2D eigenvalue weighted by Gasteiger charge is 2.26. The van der Waals surface area contributed by atoms with Crippen LogP contribution in [0, 0.1) is 0 Å². The second-order valence-electron chi connectivity index (χ2n) is 5.14. The first kappa shape index (κ1) is 12.0. The van der Waals surface area contributed by atoms with Crippen molar-refractivity contribution in [1.29, 1.82) is 0 Å². The third-order valence-corrected chi connectivity index (χ3v) is 3.99. The average Bonchev–Trinajstić information content (AvgIpc) is 2.47. The van der Waals surface area contributed by atoms with E-state index in [0.717, 1.165) is 31.6 Å². The van der Waals surface area contributed by atoms with Crippen molar-refractivity contribution >= 4 is 0 Å². The lowest BCUT2D eigenvalue weighted by Crippen LogP contribution is -2.39. The van der Waals surface area contributed by atoms with Crippen LogP contribution in [-0.4, -0.2) is 35.8 Å². The number of halogens is 1. The molecule has 0 saturated carbocycles. The fraction of sp³-hybridized carbons (Fsp3) is 0.692. The van der Waals surface area contributed by atoms with Gasteiger partial charge in [-0.2, -0.15) is 0 Å². The number of rotatable bonds is 2. The molecule has 0 aromatic carbocycles. The van der Waals surface area contributed by atoms with E-state index < -0.39 is 0 Å². The Labute approximate surface area is 106 Å². The molecule has 0 amide bonds. The molecule has 0 aliphatic carbocycles. The van der Waals surface area contributed by atoms with Crippen LogP contribution in [0.4, 0.5) is 4.39 Å². The van der Waals surface area contributed by atoms with Crippen molar-refractivity contribution in [2.75, 3.05) is 19.8 Å². The summed E-state index contributed by atoms with van der Waals surface area (Å²) in [7, 11) is 0. The number of fused-ring (bicyclic) bond motifs is 1. The van der Waals surface area contributed by atoms with Gasteiger partial charge in [-0.05, 0) is 25.9 Å². The van der Waals surface area contributed by atoms with Gasteiger partial charge in [-0.1, -0.05) is 0 Å². The van der Waals surface area contributed by atoms with E-state index in [1.807, 2.05) is 0 Å². The molecule has 98 valence electrons. The first-order valence-electron chi connectivity index (χ1n) is 6.71. The Morgan fingerprint density at radius 1 is 1.28 bits per heavy atom. The molecule has 0 spiro atoms. The molecule has 0 radical (unpaired) electrons. The lowest BCUT2D eigenvalue weighted by molar-refractivity contribution is 0.351. The normalized spacial score (nSPS) is 24.8. The van der Waals surface area contributed by atoms with Crippen LogP contribution in [0.25, 0.3) is 0 Å².